The number of nitrogens with one attached hydrogen (secondary N) is 2. The second-order valence-electron chi connectivity index (χ2n) is 6.06. The van der Waals surface area contributed by atoms with E-state index in [4.69, 9.17) is 33.3 Å². The molecule has 11 heteroatoms. The summed E-state index contributed by atoms with van der Waals surface area (Å²) in [6, 6.07) is 10.5. The number of halogens is 2. The Kier molecular flexibility index (Phi) is 7.26. The van der Waals surface area contributed by atoms with Crippen molar-refractivity contribution >= 4 is 58.5 Å². The zero-order valence-corrected chi connectivity index (χ0v) is 18.8. The lowest BCUT2D eigenvalue weighted by molar-refractivity contribution is -0.113. The van der Waals surface area contributed by atoms with Gasteiger partial charge in [-0.15, -0.1) is 11.6 Å². The monoisotopic (exact) mass is 481 g/mol. The van der Waals surface area contributed by atoms with Crippen LogP contribution in [0.1, 0.15) is 9.67 Å². The minimum absolute atomic E-state index is 0.0885. The van der Waals surface area contributed by atoms with Gasteiger partial charge in [0.05, 0.1) is 25.6 Å². The van der Waals surface area contributed by atoms with Crippen LogP contribution >= 0.6 is 35.2 Å². The number of alkyl halides is 1. The van der Waals surface area contributed by atoms with E-state index in [2.05, 4.69) is 10.6 Å². The Balaban J connectivity index is 2.08. The molecule has 1 aromatic heterocycles. The van der Waals surface area contributed by atoms with E-state index in [0.29, 0.717) is 22.9 Å². The molecule has 2 aromatic carbocycles. The van der Waals surface area contributed by atoms with Gasteiger partial charge in [0.15, 0.2) is 3.95 Å². The summed E-state index contributed by atoms with van der Waals surface area (Å²) in [7, 11) is 2.96. The van der Waals surface area contributed by atoms with Crippen molar-refractivity contribution in [3.63, 3.8) is 0 Å². The molecular formula is C20H17ClFN3O4S2. The lowest BCUT2D eigenvalue weighted by Gasteiger charge is -2.13. The molecule has 0 bridgehead atoms. The summed E-state index contributed by atoms with van der Waals surface area (Å²) in [6.45, 7) is 0. The average Bonchev–Trinajstić information content (AvgIpc) is 3.09. The van der Waals surface area contributed by atoms with E-state index in [-0.39, 0.29) is 20.5 Å². The first-order valence-electron chi connectivity index (χ1n) is 8.79. The molecule has 31 heavy (non-hydrogen) atoms. The maximum Gasteiger partial charge on any atom is 0.269 e. The fourth-order valence-electron chi connectivity index (χ4n) is 2.75. The van der Waals surface area contributed by atoms with E-state index >= 15 is 0 Å². The third-order valence-electron chi connectivity index (χ3n) is 4.12. The highest BCUT2D eigenvalue weighted by atomic mass is 35.5. The van der Waals surface area contributed by atoms with Crippen LogP contribution in [-0.4, -0.2) is 36.5 Å². The predicted molar refractivity (Wildman–Crippen MR) is 121 cm³/mol. The number of rotatable bonds is 7. The summed E-state index contributed by atoms with van der Waals surface area (Å²) in [4.78, 5) is 25.3. The minimum Gasteiger partial charge on any atom is -0.497 e. The van der Waals surface area contributed by atoms with Crippen molar-refractivity contribution in [2.45, 2.75) is 0 Å². The number of thiazole rings is 1. The van der Waals surface area contributed by atoms with Crippen LogP contribution in [0.15, 0.2) is 42.5 Å². The number of aromatic nitrogens is 1. The second-order valence-corrected chi connectivity index (χ2v) is 7.97. The molecular weight excluding hydrogens is 465 g/mol. The molecule has 1 heterocycles. The molecule has 2 N–H and O–H groups in total. The molecule has 0 saturated heterocycles. The number of ether oxygens (including phenoxy) is 2. The van der Waals surface area contributed by atoms with Crippen LogP contribution in [0.4, 0.5) is 15.9 Å². The molecule has 0 radical (unpaired) electrons. The molecule has 162 valence electrons. The number of anilines is 2. The van der Waals surface area contributed by atoms with Crippen LogP contribution in [0, 0.1) is 9.77 Å². The minimum atomic E-state index is -0.553. The Hall–Kier alpha value is -2.95. The van der Waals surface area contributed by atoms with E-state index in [1.807, 2.05) is 0 Å². The van der Waals surface area contributed by atoms with Crippen LogP contribution < -0.4 is 20.1 Å². The average molecular weight is 482 g/mol. The number of carbonyl (C=O) groups excluding carboxylic acids is 2. The van der Waals surface area contributed by atoms with Gasteiger partial charge in [0.2, 0.25) is 5.91 Å². The Morgan fingerprint density at radius 3 is 2.58 bits per heavy atom. The maximum atomic E-state index is 13.8. The van der Waals surface area contributed by atoms with E-state index in [9.17, 15) is 14.0 Å². The van der Waals surface area contributed by atoms with Crippen molar-refractivity contribution in [2.24, 2.45) is 0 Å². The Labute approximate surface area is 191 Å². The van der Waals surface area contributed by atoms with Crippen molar-refractivity contribution in [1.29, 1.82) is 0 Å². The fourth-order valence-corrected chi connectivity index (χ4v) is 4.11. The van der Waals surface area contributed by atoms with Gasteiger partial charge in [0, 0.05) is 6.07 Å². The van der Waals surface area contributed by atoms with Crippen LogP contribution in [0.5, 0.6) is 11.5 Å². The van der Waals surface area contributed by atoms with E-state index < -0.39 is 17.6 Å². The van der Waals surface area contributed by atoms with E-state index in [1.165, 1.54) is 37.0 Å². The number of methoxy groups -OCH3 is 2. The molecule has 3 aromatic rings. The summed E-state index contributed by atoms with van der Waals surface area (Å²) in [5.74, 6) is -0.921. The van der Waals surface area contributed by atoms with Crippen LogP contribution in [-0.2, 0) is 4.79 Å². The first kappa shape index (κ1) is 22.7. The highest BCUT2D eigenvalue weighted by Gasteiger charge is 2.23. The standard InChI is InChI=1S/C20H17ClFN3O4S2/c1-28-13-6-7-15(29-2)14(9-13)23-19(27)17-18(24-16(26)10-21)25(20(30)31-17)12-5-3-4-11(22)8-12/h3-9H,10H2,1-2H3,(H,23,27)(H,24,26). The molecule has 0 aliphatic rings. The van der Waals surface area contributed by atoms with Crippen LogP contribution in [0.3, 0.4) is 0 Å². The third-order valence-corrected chi connectivity index (χ3v) is 5.73. The number of benzene rings is 2. The molecule has 2 amide bonds. The zero-order chi connectivity index (χ0) is 22.5. The first-order chi connectivity index (χ1) is 14.9. The van der Waals surface area contributed by atoms with Crippen molar-refractivity contribution in [2.75, 3.05) is 30.7 Å². The van der Waals surface area contributed by atoms with Crippen molar-refractivity contribution in [3.05, 3.63) is 57.1 Å². The van der Waals surface area contributed by atoms with Crippen LogP contribution in [0.2, 0.25) is 0 Å². The van der Waals surface area contributed by atoms with Gasteiger partial charge in [-0.3, -0.25) is 14.2 Å². The molecule has 0 spiro atoms. The van der Waals surface area contributed by atoms with Gasteiger partial charge < -0.3 is 20.1 Å². The lowest BCUT2D eigenvalue weighted by atomic mass is 10.2. The van der Waals surface area contributed by atoms with Crippen LogP contribution in [0.25, 0.3) is 5.69 Å². The van der Waals surface area contributed by atoms with Gasteiger partial charge >= 0.3 is 0 Å². The smallest absolute Gasteiger partial charge is 0.269 e. The number of hydrogen-bond acceptors (Lipinski definition) is 6. The third kappa shape index (κ3) is 5.04. The van der Waals surface area contributed by atoms with Gasteiger partial charge in [-0.1, -0.05) is 17.4 Å². The van der Waals surface area contributed by atoms with Gasteiger partial charge in [0.1, 0.15) is 33.9 Å². The zero-order valence-electron chi connectivity index (χ0n) is 16.4. The number of carbonyl (C=O) groups is 2. The van der Waals surface area contributed by atoms with Gasteiger partial charge in [-0.25, -0.2) is 4.39 Å². The predicted octanol–water partition coefficient (Wildman–Crippen LogP) is 4.85. The summed E-state index contributed by atoms with van der Waals surface area (Å²) >= 11 is 12.0. The number of amides is 2. The highest BCUT2D eigenvalue weighted by molar-refractivity contribution is 7.73. The Morgan fingerprint density at radius 1 is 1.16 bits per heavy atom. The lowest BCUT2D eigenvalue weighted by Crippen LogP contribution is -2.20. The molecule has 0 fully saturated rings. The summed E-state index contributed by atoms with van der Waals surface area (Å²) in [6.07, 6.45) is 0. The molecule has 7 nitrogen and oxygen atoms in total. The summed E-state index contributed by atoms with van der Waals surface area (Å²) < 4.78 is 25.9. The maximum absolute atomic E-state index is 13.8. The van der Waals surface area contributed by atoms with E-state index in [0.717, 1.165) is 11.3 Å². The summed E-state index contributed by atoms with van der Waals surface area (Å²) in [5.41, 5.74) is 0.710. The first-order valence-corrected chi connectivity index (χ1v) is 10.5. The van der Waals surface area contributed by atoms with Crippen molar-refractivity contribution in [1.82, 2.24) is 4.57 Å². The van der Waals surface area contributed by atoms with Crippen molar-refractivity contribution in [3.8, 4) is 17.2 Å². The Morgan fingerprint density at radius 2 is 1.94 bits per heavy atom. The quantitative estimate of drug-likeness (QED) is 0.372. The molecule has 3 rings (SSSR count). The van der Waals surface area contributed by atoms with Gasteiger partial charge in [-0.2, -0.15) is 0 Å². The molecule has 0 aliphatic carbocycles. The van der Waals surface area contributed by atoms with Gasteiger partial charge in [-0.05, 0) is 42.5 Å². The molecule has 0 atom stereocenters. The SMILES string of the molecule is COc1ccc(OC)c(NC(=O)c2sc(=S)n(-c3cccc(F)c3)c2NC(=O)CCl)c1. The fraction of sp³-hybridized carbons (Fsp3) is 0.150. The second kappa shape index (κ2) is 9.90. The summed E-state index contributed by atoms with van der Waals surface area (Å²) in [5, 5.41) is 5.32. The molecule has 0 aliphatic heterocycles. The van der Waals surface area contributed by atoms with Crippen molar-refractivity contribution < 1.29 is 23.5 Å². The Bertz CT molecular complexity index is 1200. The largest absolute Gasteiger partial charge is 0.497 e. The van der Waals surface area contributed by atoms with Gasteiger partial charge in [0.25, 0.3) is 5.91 Å². The topological polar surface area (TPSA) is 81.6 Å². The highest BCUT2D eigenvalue weighted by Crippen LogP contribution is 2.33. The molecule has 0 unspecified atom stereocenters. The number of nitrogens with zero attached hydrogens (tertiary/aromatic N) is 1. The molecule has 0 saturated carbocycles. The normalized spacial score (nSPS) is 10.5. The van der Waals surface area contributed by atoms with E-state index in [1.54, 1.807) is 24.3 Å². The number of hydrogen-bond donors (Lipinski definition) is 2.